The molecule has 0 bridgehead atoms. The van der Waals surface area contributed by atoms with Gasteiger partial charge in [-0.15, -0.1) is 0 Å². The quantitative estimate of drug-likeness (QED) is 0.238. The van der Waals surface area contributed by atoms with Crippen LogP contribution in [-0.4, -0.2) is 81.2 Å². The van der Waals surface area contributed by atoms with Gasteiger partial charge in [-0.2, -0.15) is 0 Å². The average molecular weight is 622 g/mol. The number of piperidine rings is 1. The number of rotatable bonds is 7. The Labute approximate surface area is 267 Å². The smallest absolute Gasteiger partial charge is 0.246 e. The van der Waals surface area contributed by atoms with Crippen molar-refractivity contribution in [2.24, 2.45) is 24.3 Å². The molecule has 5 heterocycles. The average Bonchev–Trinajstić information content (AvgIpc) is 3.42. The van der Waals surface area contributed by atoms with Crippen LogP contribution in [0.4, 0.5) is 10.2 Å². The topological polar surface area (TPSA) is 112 Å². The normalized spacial score (nSPS) is 23.8. The predicted molar refractivity (Wildman–Crippen MR) is 173 cm³/mol. The van der Waals surface area contributed by atoms with Crippen LogP contribution in [0.5, 0.6) is 17.4 Å². The van der Waals surface area contributed by atoms with Gasteiger partial charge in [0.15, 0.2) is 11.5 Å². The molecule has 3 unspecified atom stereocenters. The lowest BCUT2D eigenvalue weighted by Crippen LogP contribution is -2.31. The van der Waals surface area contributed by atoms with Gasteiger partial charge in [0.1, 0.15) is 29.7 Å². The summed E-state index contributed by atoms with van der Waals surface area (Å²) >= 11 is 0. The fourth-order valence-corrected chi connectivity index (χ4v) is 6.97. The number of carbonyl (C=O) groups is 1. The van der Waals surface area contributed by atoms with Crippen LogP contribution in [0, 0.1) is 29.1 Å². The van der Waals surface area contributed by atoms with Gasteiger partial charge in [-0.05, 0) is 42.0 Å². The van der Waals surface area contributed by atoms with Crippen molar-refractivity contribution in [2.45, 2.75) is 19.5 Å². The van der Waals surface area contributed by atoms with E-state index in [9.17, 15) is 9.18 Å². The first-order valence-corrected chi connectivity index (χ1v) is 15.5. The highest BCUT2D eigenvalue weighted by Crippen LogP contribution is 2.62. The minimum absolute atomic E-state index is 0.00516. The standard InChI is InChI=1S/C35H36FN7O3/c1-35-20-43(30(44)8-6-15-42-16-13-23(36)18-42)19-25(35)24(35)10-11-26-31(32-33(37)39-21-40-34(32)41(26)2)22-9-12-27(28(17-22)45-3)46-29-7-4-5-14-38-29/h4-9,12,14,17,21,23-25H,13,15-16,18-20H2,1-3H3,(H2,37,39,40)/b8-6+/t23?,24?,25-,35?/m0/s1. The van der Waals surface area contributed by atoms with Crippen LogP contribution < -0.4 is 15.2 Å². The van der Waals surface area contributed by atoms with E-state index >= 15 is 0 Å². The lowest BCUT2D eigenvalue weighted by molar-refractivity contribution is -0.125. The van der Waals surface area contributed by atoms with Crippen LogP contribution in [-0.2, 0) is 11.8 Å². The zero-order chi connectivity index (χ0) is 32.0. The van der Waals surface area contributed by atoms with E-state index in [4.69, 9.17) is 15.2 Å². The van der Waals surface area contributed by atoms with Crippen molar-refractivity contribution in [2.75, 3.05) is 45.6 Å². The van der Waals surface area contributed by atoms with E-state index in [-0.39, 0.29) is 17.2 Å². The second kappa shape index (κ2) is 11.8. The number of halogens is 1. The molecule has 11 heteroatoms. The molecule has 0 spiro atoms. The second-order valence-corrected chi connectivity index (χ2v) is 12.5. The number of hydrogen-bond donors (Lipinski definition) is 1. The summed E-state index contributed by atoms with van der Waals surface area (Å²) in [6.45, 7) is 5.32. The van der Waals surface area contributed by atoms with Gasteiger partial charge in [0, 0.05) is 75.0 Å². The molecule has 4 atom stereocenters. The van der Waals surface area contributed by atoms with Crippen molar-refractivity contribution in [3.05, 3.63) is 66.8 Å². The number of nitrogens with two attached hydrogens (primary N) is 1. The monoisotopic (exact) mass is 621 g/mol. The molecule has 0 radical (unpaired) electrons. The molecule has 1 aliphatic carbocycles. The van der Waals surface area contributed by atoms with Gasteiger partial charge >= 0.3 is 0 Å². The summed E-state index contributed by atoms with van der Waals surface area (Å²) in [5.74, 6) is 9.36. The Kier molecular flexibility index (Phi) is 7.61. The molecular weight excluding hydrogens is 585 g/mol. The maximum Gasteiger partial charge on any atom is 0.246 e. The summed E-state index contributed by atoms with van der Waals surface area (Å²) in [7, 11) is 3.52. The number of ether oxygens (including phenoxy) is 2. The first-order chi connectivity index (χ1) is 22.3. The maximum atomic E-state index is 13.4. The Hall–Kier alpha value is -4.95. The number of aryl methyl sites for hydroxylation is 1. The SMILES string of the molecule is COc1cc(-c2c(C#CC3[C@@H]4CN(C(=O)/C=C/CN5CCC(F)C5)CC34C)n(C)c3ncnc(N)c23)ccc1Oc1ccccn1. The molecule has 1 aromatic carbocycles. The van der Waals surface area contributed by atoms with Crippen LogP contribution >= 0.6 is 0 Å². The first-order valence-electron chi connectivity index (χ1n) is 15.5. The van der Waals surface area contributed by atoms with Crippen LogP contribution in [0.2, 0.25) is 0 Å². The van der Waals surface area contributed by atoms with Crippen LogP contribution in [0.3, 0.4) is 0 Å². The lowest BCUT2D eigenvalue weighted by atomic mass is 10.0. The Morgan fingerprint density at radius 3 is 2.78 bits per heavy atom. The number of nitrogens with zero attached hydrogens (tertiary/aromatic N) is 6. The van der Waals surface area contributed by atoms with E-state index in [1.165, 1.54) is 6.33 Å². The number of carbonyl (C=O) groups excluding carboxylic acids is 1. The summed E-state index contributed by atoms with van der Waals surface area (Å²) in [6, 6.07) is 11.1. The molecule has 46 heavy (non-hydrogen) atoms. The number of amides is 1. The molecule has 2 saturated heterocycles. The minimum Gasteiger partial charge on any atom is -0.493 e. The Balaban J connectivity index is 1.13. The number of pyridine rings is 1. The van der Waals surface area contributed by atoms with E-state index in [0.29, 0.717) is 67.4 Å². The van der Waals surface area contributed by atoms with Gasteiger partial charge in [-0.3, -0.25) is 9.69 Å². The van der Waals surface area contributed by atoms with Gasteiger partial charge in [0.2, 0.25) is 11.8 Å². The molecule has 3 aromatic heterocycles. The minimum atomic E-state index is -0.760. The molecule has 10 nitrogen and oxygen atoms in total. The van der Waals surface area contributed by atoms with Crippen LogP contribution in [0.25, 0.3) is 22.2 Å². The Morgan fingerprint density at radius 2 is 2.07 bits per heavy atom. The van der Waals surface area contributed by atoms with Crippen LogP contribution in [0.15, 0.2) is 61.1 Å². The van der Waals surface area contributed by atoms with E-state index in [2.05, 4.69) is 33.7 Å². The number of anilines is 1. The molecule has 3 fully saturated rings. The van der Waals surface area contributed by atoms with Gasteiger partial charge in [-0.25, -0.2) is 19.3 Å². The summed E-state index contributed by atoms with van der Waals surface area (Å²) in [4.78, 5) is 29.9. The van der Waals surface area contributed by atoms with Gasteiger partial charge in [-0.1, -0.05) is 31.1 Å². The summed E-state index contributed by atoms with van der Waals surface area (Å²) in [5.41, 5.74) is 9.47. The summed E-state index contributed by atoms with van der Waals surface area (Å²) in [6.07, 6.45) is 6.42. The Bertz CT molecular complexity index is 1900. The zero-order valence-corrected chi connectivity index (χ0v) is 26.1. The number of alkyl halides is 1. The number of nitrogen functional groups attached to an aromatic ring is 1. The largest absolute Gasteiger partial charge is 0.493 e. The predicted octanol–water partition coefficient (Wildman–Crippen LogP) is 4.46. The van der Waals surface area contributed by atoms with Gasteiger partial charge in [0.25, 0.3) is 0 Å². The van der Waals surface area contributed by atoms with E-state index in [0.717, 1.165) is 28.8 Å². The van der Waals surface area contributed by atoms with Gasteiger partial charge in [0.05, 0.1) is 12.5 Å². The third-order valence-electron chi connectivity index (χ3n) is 9.60. The van der Waals surface area contributed by atoms with Crippen molar-refractivity contribution in [3.8, 4) is 40.3 Å². The number of hydrogen-bond acceptors (Lipinski definition) is 8. The van der Waals surface area contributed by atoms with E-state index in [1.807, 2.05) is 57.8 Å². The molecule has 3 aliphatic rings. The highest BCUT2D eigenvalue weighted by molar-refractivity contribution is 6.03. The second-order valence-electron chi connectivity index (χ2n) is 12.5. The highest BCUT2D eigenvalue weighted by Gasteiger charge is 2.66. The summed E-state index contributed by atoms with van der Waals surface area (Å²) in [5, 5.41) is 0.719. The number of methoxy groups -OCH3 is 1. The molecule has 1 amide bonds. The maximum absolute atomic E-state index is 13.4. The van der Waals surface area contributed by atoms with E-state index in [1.54, 1.807) is 25.4 Å². The lowest BCUT2D eigenvalue weighted by Gasteiger charge is -2.19. The first kappa shape index (κ1) is 29.7. The molecule has 1 saturated carbocycles. The third-order valence-corrected chi connectivity index (χ3v) is 9.60. The number of likely N-dealkylation sites (tertiary alicyclic amines) is 2. The van der Waals surface area contributed by atoms with Crippen molar-refractivity contribution >= 4 is 22.8 Å². The third kappa shape index (κ3) is 5.32. The fraction of sp³-hybridized carbons (Fsp3) is 0.371. The molecular formula is C35H36FN7O3. The number of benzene rings is 1. The van der Waals surface area contributed by atoms with Crippen molar-refractivity contribution in [3.63, 3.8) is 0 Å². The molecule has 4 aromatic rings. The molecule has 236 valence electrons. The van der Waals surface area contributed by atoms with Crippen LogP contribution in [0.1, 0.15) is 19.0 Å². The summed E-state index contributed by atoms with van der Waals surface area (Å²) < 4.78 is 27.1. The van der Waals surface area contributed by atoms with Crippen molar-refractivity contribution in [1.29, 1.82) is 0 Å². The zero-order valence-electron chi connectivity index (χ0n) is 26.1. The van der Waals surface area contributed by atoms with Gasteiger partial charge < -0.3 is 24.7 Å². The molecule has 2 aliphatic heterocycles. The number of aromatic nitrogens is 4. The van der Waals surface area contributed by atoms with E-state index < -0.39 is 6.17 Å². The highest BCUT2D eigenvalue weighted by atomic mass is 19.1. The van der Waals surface area contributed by atoms with Crippen molar-refractivity contribution in [1.82, 2.24) is 29.3 Å². The fourth-order valence-electron chi connectivity index (χ4n) is 6.97. The van der Waals surface area contributed by atoms with Crippen molar-refractivity contribution < 1.29 is 18.7 Å². The number of fused-ring (bicyclic) bond motifs is 2. The molecule has 2 N–H and O–H groups in total. The Morgan fingerprint density at radius 1 is 1.20 bits per heavy atom. The molecule has 7 rings (SSSR count).